The molecule has 0 spiro atoms. The van der Waals surface area contributed by atoms with Crippen LogP contribution in [-0.2, 0) is 12.8 Å². The molecule has 11 rings (SSSR count). The zero-order chi connectivity index (χ0) is 40.0. The SMILES string of the molecule is CN=C(Nc1ccccn1)c1cc(-c2ccc3c(c2)-c2cc(Cc4ccc5oc6ccc(-c7ccccn7)cc6c5c4)ccc2C3)cc(-c2nncn2-c2ccccn2)c1. The second-order valence-electron chi connectivity index (χ2n) is 15.0. The zero-order valence-corrected chi connectivity index (χ0v) is 32.6. The molecule has 10 aromatic rings. The Morgan fingerprint density at radius 1 is 0.633 bits per heavy atom. The Morgan fingerprint density at radius 3 is 2.15 bits per heavy atom. The normalized spacial score (nSPS) is 12.2. The number of hydrogen-bond acceptors (Lipinski definition) is 7. The summed E-state index contributed by atoms with van der Waals surface area (Å²) in [7, 11) is 1.78. The van der Waals surface area contributed by atoms with E-state index < -0.39 is 0 Å². The molecule has 1 N–H and O–H groups in total. The van der Waals surface area contributed by atoms with E-state index in [1.807, 2.05) is 71.4 Å². The lowest BCUT2D eigenvalue weighted by atomic mass is 9.94. The molecule has 0 amide bonds. The van der Waals surface area contributed by atoms with Gasteiger partial charge in [-0.15, -0.1) is 10.2 Å². The first-order valence-corrected chi connectivity index (χ1v) is 19.9. The van der Waals surface area contributed by atoms with Gasteiger partial charge in [0.25, 0.3) is 0 Å². The quantitative estimate of drug-likeness (QED) is 0.121. The summed E-state index contributed by atoms with van der Waals surface area (Å²) in [5, 5.41) is 14.5. The summed E-state index contributed by atoms with van der Waals surface area (Å²) in [5.74, 6) is 2.81. The van der Waals surface area contributed by atoms with Gasteiger partial charge in [0.05, 0.1) is 5.69 Å². The van der Waals surface area contributed by atoms with Crippen molar-refractivity contribution in [1.29, 1.82) is 0 Å². The van der Waals surface area contributed by atoms with E-state index in [0.29, 0.717) is 17.5 Å². The number of pyridine rings is 3. The number of anilines is 1. The van der Waals surface area contributed by atoms with Crippen molar-refractivity contribution in [1.82, 2.24) is 29.7 Å². The molecule has 0 saturated carbocycles. The summed E-state index contributed by atoms with van der Waals surface area (Å²) < 4.78 is 8.17. The van der Waals surface area contributed by atoms with Crippen molar-refractivity contribution < 1.29 is 4.42 Å². The number of benzene rings is 5. The van der Waals surface area contributed by atoms with Crippen LogP contribution in [0.2, 0.25) is 0 Å². The Kier molecular flexibility index (Phi) is 8.62. The van der Waals surface area contributed by atoms with Gasteiger partial charge in [0, 0.05) is 53.1 Å². The van der Waals surface area contributed by atoms with Crippen LogP contribution in [0.4, 0.5) is 5.82 Å². The molecule has 9 nitrogen and oxygen atoms in total. The Morgan fingerprint density at radius 2 is 1.35 bits per heavy atom. The van der Waals surface area contributed by atoms with Crippen LogP contribution in [0.1, 0.15) is 27.8 Å². The highest BCUT2D eigenvalue weighted by atomic mass is 16.3. The van der Waals surface area contributed by atoms with Crippen LogP contribution in [-0.4, -0.2) is 42.6 Å². The fourth-order valence-electron chi connectivity index (χ4n) is 8.34. The number of fused-ring (bicyclic) bond motifs is 6. The first-order valence-electron chi connectivity index (χ1n) is 19.9. The summed E-state index contributed by atoms with van der Waals surface area (Å²) in [6.45, 7) is 0. The van der Waals surface area contributed by atoms with Crippen LogP contribution in [0.25, 0.3) is 72.7 Å². The lowest BCUT2D eigenvalue weighted by molar-refractivity contribution is 0.669. The monoisotopic (exact) mass is 776 g/mol. The first kappa shape index (κ1) is 35.1. The second-order valence-corrected chi connectivity index (χ2v) is 15.0. The predicted octanol–water partition coefficient (Wildman–Crippen LogP) is 11.0. The Labute approximate surface area is 345 Å². The van der Waals surface area contributed by atoms with Crippen LogP contribution in [0.5, 0.6) is 0 Å². The fraction of sp³-hybridized carbons (Fsp3) is 0.0588. The summed E-state index contributed by atoms with van der Waals surface area (Å²) in [6, 6.07) is 50.6. The fourth-order valence-corrected chi connectivity index (χ4v) is 8.34. The van der Waals surface area contributed by atoms with Crippen LogP contribution in [0.3, 0.4) is 0 Å². The minimum absolute atomic E-state index is 0.677. The Balaban J connectivity index is 0.953. The molecule has 0 atom stereocenters. The van der Waals surface area contributed by atoms with Crippen molar-refractivity contribution in [3.63, 3.8) is 0 Å². The molecule has 5 aromatic heterocycles. The zero-order valence-electron chi connectivity index (χ0n) is 32.6. The molecule has 1 aliphatic carbocycles. The van der Waals surface area contributed by atoms with E-state index in [-0.39, 0.29) is 0 Å². The van der Waals surface area contributed by atoms with Crippen LogP contribution >= 0.6 is 0 Å². The van der Waals surface area contributed by atoms with Gasteiger partial charge in [-0.3, -0.25) is 14.5 Å². The third-order valence-electron chi connectivity index (χ3n) is 11.2. The maximum atomic E-state index is 6.26. The number of hydrogen-bond donors (Lipinski definition) is 1. The molecule has 286 valence electrons. The average molecular weight is 777 g/mol. The number of nitrogens with zero attached hydrogens (tertiary/aromatic N) is 7. The van der Waals surface area contributed by atoms with Crippen LogP contribution < -0.4 is 5.32 Å². The van der Waals surface area contributed by atoms with Gasteiger partial charge in [0.15, 0.2) is 5.82 Å². The standard InChI is InChI=1S/C51H36N8O/c1-52-50(57-48-9-3-6-20-54-48)39-26-38(27-40(28-39)51-58-56-31-59(51)49-10-4-7-21-55-49)34-14-15-36-25-35-13-11-32(23-41(35)42(36)29-34)22-33-12-17-46-43(24-33)44-30-37(16-18-47(44)60-46)45-8-2-5-19-53-45/h2-21,23-24,26-31H,22,25H2,1H3,(H,52,54,57). The van der Waals surface area contributed by atoms with Crippen molar-refractivity contribution in [3.05, 3.63) is 198 Å². The average Bonchev–Trinajstić information content (AvgIpc) is 4.04. The van der Waals surface area contributed by atoms with E-state index in [2.05, 4.69) is 120 Å². The molecule has 60 heavy (non-hydrogen) atoms. The van der Waals surface area contributed by atoms with Crippen molar-refractivity contribution in [2.24, 2.45) is 4.99 Å². The van der Waals surface area contributed by atoms with Gasteiger partial charge in [-0.05, 0) is 148 Å². The highest BCUT2D eigenvalue weighted by Gasteiger charge is 2.22. The van der Waals surface area contributed by atoms with E-state index in [0.717, 1.165) is 74.1 Å². The van der Waals surface area contributed by atoms with Crippen molar-refractivity contribution in [3.8, 4) is 50.7 Å². The van der Waals surface area contributed by atoms with Gasteiger partial charge in [0.2, 0.25) is 0 Å². The van der Waals surface area contributed by atoms with E-state index >= 15 is 0 Å². The maximum absolute atomic E-state index is 6.26. The molecule has 1 aliphatic rings. The minimum atomic E-state index is 0.677. The maximum Gasteiger partial charge on any atom is 0.169 e. The molecule has 0 aliphatic heterocycles. The number of nitrogens with one attached hydrogen (secondary N) is 1. The lowest BCUT2D eigenvalue weighted by Gasteiger charge is -2.14. The number of furan rings is 1. The molecule has 5 heterocycles. The summed E-state index contributed by atoms with van der Waals surface area (Å²) >= 11 is 0. The molecule has 5 aromatic carbocycles. The molecule has 0 bridgehead atoms. The van der Waals surface area contributed by atoms with Crippen molar-refractivity contribution in [2.45, 2.75) is 12.8 Å². The van der Waals surface area contributed by atoms with E-state index in [1.54, 1.807) is 25.8 Å². The molecule has 0 unspecified atom stereocenters. The Hall–Kier alpha value is -8.04. The summed E-state index contributed by atoms with van der Waals surface area (Å²) in [4.78, 5) is 18.3. The van der Waals surface area contributed by atoms with Gasteiger partial charge < -0.3 is 9.73 Å². The third kappa shape index (κ3) is 6.48. The largest absolute Gasteiger partial charge is 0.456 e. The van der Waals surface area contributed by atoms with Gasteiger partial charge >= 0.3 is 0 Å². The number of aliphatic imine (C=N–C) groups is 1. The topological polar surface area (TPSA) is 107 Å². The van der Waals surface area contributed by atoms with Gasteiger partial charge in [-0.1, -0.05) is 54.6 Å². The minimum Gasteiger partial charge on any atom is -0.456 e. The molecule has 0 saturated heterocycles. The number of aromatic nitrogens is 6. The number of amidine groups is 1. The molecule has 0 fully saturated rings. The Bertz CT molecular complexity index is 3250. The third-order valence-corrected chi connectivity index (χ3v) is 11.2. The first-order chi connectivity index (χ1) is 29.6. The molecular formula is C51H36N8O. The number of rotatable bonds is 8. The highest BCUT2D eigenvalue weighted by molar-refractivity contribution is 6.09. The lowest BCUT2D eigenvalue weighted by Crippen LogP contribution is -2.15. The van der Waals surface area contributed by atoms with Gasteiger partial charge in [0.1, 0.15) is 35.0 Å². The summed E-state index contributed by atoms with van der Waals surface area (Å²) in [6.07, 6.45) is 8.76. The molecule has 9 heteroatoms. The highest BCUT2D eigenvalue weighted by Crippen LogP contribution is 2.41. The van der Waals surface area contributed by atoms with Crippen molar-refractivity contribution in [2.75, 3.05) is 12.4 Å². The predicted molar refractivity (Wildman–Crippen MR) is 238 cm³/mol. The van der Waals surface area contributed by atoms with Crippen LogP contribution in [0.15, 0.2) is 180 Å². The van der Waals surface area contributed by atoms with E-state index in [4.69, 9.17) is 4.42 Å². The van der Waals surface area contributed by atoms with Gasteiger partial charge in [-0.2, -0.15) is 0 Å². The summed E-state index contributed by atoms with van der Waals surface area (Å²) in [5.41, 5.74) is 15.4. The molecular weight excluding hydrogens is 741 g/mol. The van der Waals surface area contributed by atoms with E-state index in [9.17, 15) is 0 Å². The molecule has 0 radical (unpaired) electrons. The second kappa shape index (κ2) is 14.7. The van der Waals surface area contributed by atoms with Gasteiger partial charge in [-0.25, -0.2) is 9.97 Å². The van der Waals surface area contributed by atoms with Crippen LogP contribution in [0, 0.1) is 0 Å². The smallest absolute Gasteiger partial charge is 0.169 e. The van der Waals surface area contributed by atoms with E-state index in [1.165, 1.54) is 33.4 Å². The van der Waals surface area contributed by atoms with Crippen molar-refractivity contribution >= 4 is 33.6 Å².